The lowest BCUT2D eigenvalue weighted by molar-refractivity contribution is -0.0189. The molecule has 0 aromatic heterocycles. The Morgan fingerprint density at radius 1 is 0.889 bits per heavy atom. The molecule has 3 aromatic rings. The van der Waals surface area contributed by atoms with Gasteiger partial charge in [-0.05, 0) is 23.8 Å². The number of hydrogen-bond acceptors (Lipinski definition) is 3. The number of fused-ring (bicyclic) bond motifs is 3. The lowest BCUT2D eigenvalue weighted by Gasteiger charge is -2.38. The van der Waals surface area contributed by atoms with Gasteiger partial charge in [0.2, 0.25) is 6.23 Å². The summed E-state index contributed by atoms with van der Waals surface area (Å²) in [6, 6.07) is 24.0. The van der Waals surface area contributed by atoms with Crippen LogP contribution in [0.4, 0.5) is 0 Å². The van der Waals surface area contributed by atoms with E-state index < -0.39 is 6.23 Å². The smallest absolute Gasteiger partial charge is 0.215 e. The molecular formula is C22H16Cl2N2O. The number of rotatable bonds is 2. The van der Waals surface area contributed by atoms with Crippen LogP contribution in [0.15, 0.2) is 77.9 Å². The van der Waals surface area contributed by atoms with E-state index in [2.05, 4.69) is 18.2 Å². The molecule has 3 nitrogen and oxygen atoms in total. The van der Waals surface area contributed by atoms with Crippen LogP contribution in [0, 0.1) is 0 Å². The Hall–Kier alpha value is -2.49. The molecule has 2 aliphatic heterocycles. The number of hydrazone groups is 1. The normalized spacial score (nSPS) is 20.5. The zero-order chi connectivity index (χ0) is 18.4. The topological polar surface area (TPSA) is 24.8 Å². The van der Waals surface area contributed by atoms with Crippen LogP contribution in [0.5, 0.6) is 5.75 Å². The molecule has 0 aliphatic carbocycles. The van der Waals surface area contributed by atoms with Crippen molar-refractivity contribution in [2.45, 2.75) is 18.7 Å². The van der Waals surface area contributed by atoms with Crippen LogP contribution in [-0.2, 0) is 0 Å². The van der Waals surface area contributed by atoms with Gasteiger partial charge in [-0.3, -0.25) is 0 Å². The standard InChI is InChI=1S/C22H16Cl2N2O/c23-15-10-11-16(18(24)12-15)22-26-20(17-8-4-5-9-21(17)27-22)13-19(25-26)14-6-2-1-3-7-14/h1-12,20,22H,13H2/t20-,22+/m1/s1. The fraction of sp³-hybridized carbons (Fsp3) is 0.136. The fourth-order valence-electron chi connectivity index (χ4n) is 3.75. The van der Waals surface area contributed by atoms with Crippen LogP contribution < -0.4 is 4.74 Å². The van der Waals surface area contributed by atoms with Crippen molar-refractivity contribution in [1.82, 2.24) is 5.01 Å². The molecule has 0 fully saturated rings. The first-order chi connectivity index (χ1) is 13.2. The maximum Gasteiger partial charge on any atom is 0.215 e. The zero-order valence-corrected chi connectivity index (χ0v) is 15.9. The second-order valence-corrected chi connectivity index (χ2v) is 7.53. The third-order valence-electron chi connectivity index (χ3n) is 5.03. The first kappa shape index (κ1) is 16.7. The van der Waals surface area contributed by atoms with E-state index in [4.69, 9.17) is 33.0 Å². The Bertz CT molecular complexity index is 1040. The molecule has 2 heterocycles. The van der Waals surface area contributed by atoms with E-state index in [0.717, 1.165) is 34.6 Å². The van der Waals surface area contributed by atoms with Crippen molar-refractivity contribution in [3.05, 3.63) is 99.5 Å². The van der Waals surface area contributed by atoms with Crippen LogP contribution in [0.1, 0.15) is 35.4 Å². The predicted molar refractivity (Wildman–Crippen MR) is 108 cm³/mol. The van der Waals surface area contributed by atoms with Gasteiger partial charge in [-0.2, -0.15) is 5.10 Å². The first-order valence-electron chi connectivity index (χ1n) is 8.82. The van der Waals surface area contributed by atoms with Gasteiger partial charge in [0.1, 0.15) is 5.75 Å². The number of ether oxygens (including phenoxy) is 1. The summed E-state index contributed by atoms with van der Waals surface area (Å²) >= 11 is 12.6. The maximum absolute atomic E-state index is 6.49. The Morgan fingerprint density at radius 3 is 2.48 bits per heavy atom. The van der Waals surface area contributed by atoms with Gasteiger partial charge in [-0.15, -0.1) is 0 Å². The van der Waals surface area contributed by atoms with Gasteiger partial charge < -0.3 is 4.74 Å². The van der Waals surface area contributed by atoms with E-state index in [1.807, 2.05) is 53.5 Å². The molecular weight excluding hydrogens is 379 g/mol. The molecule has 0 unspecified atom stereocenters. The third-order valence-corrected chi connectivity index (χ3v) is 5.60. The highest BCUT2D eigenvalue weighted by atomic mass is 35.5. The van der Waals surface area contributed by atoms with Gasteiger partial charge in [0.25, 0.3) is 0 Å². The molecule has 0 saturated carbocycles. The largest absolute Gasteiger partial charge is 0.464 e. The first-order valence-corrected chi connectivity index (χ1v) is 9.58. The van der Waals surface area contributed by atoms with Gasteiger partial charge in [0.05, 0.1) is 16.8 Å². The summed E-state index contributed by atoms with van der Waals surface area (Å²) in [5, 5.41) is 8.14. The molecule has 5 heteroatoms. The summed E-state index contributed by atoms with van der Waals surface area (Å²) in [6.07, 6.45) is 0.433. The lowest BCUT2D eigenvalue weighted by Crippen LogP contribution is -2.33. The van der Waals surface area contributed by atoms with Crippen molar-refractivity contribution >= 4 is 28.9 Å². The minimum absolute atomic E-state index is 0.113. The Balaban J connectivity index is 1.62. The van der Waals surface area contributed by atoms with Crippen LogP contribution in [0.2, 0.25) is 10.0 Å². The average Bonchev–Trinajstić information content (AvgIpc) is 3.14. The number of nitrogens with zero attached hydrogens (tertiary/aromatic N) is 2. The Labute approximate surface area is 167 Å². The molecule has 0 spiro atoms. The number of hydrogen-bond donors (Lipinski definition) is 0. The summed E-state index contributed by atoms with van der Waals surface area (Å²) in [6.45, 7) is 0. The second-order valence-electron chi connectivity index (χ2n) is 6.69. The molecule has 0 saturated heterocycles. The monoisotopic (exact) mass is 394 g/mol. The quantitative estimate of drug-likeness (QED) is 0.513. The molecule has 27 heavy (non-hydrogen) atoms. The van der Waals surface area contributed by atoms with Crippen LogP contribution in [0.25, 0.3) is 0 Å². The summed E-state index contributed by atoms with van der Waals surface area (Å²) in [5.74, 6) is 0.874. The number of benzene rings is 3. The fourth-order valence-corrected chi connectivity index (χ4v) is 4.25. The highest BCUT2D eigenvalue weighted by Crippen LogP contribution is 2.48. The summed E-state index contributed by atoms with van der Waals surface area (Å²) in [4.78, 5) is 0. The highest BCUT2D eigenvalue weighted by Gasteiger charge is 2.41. The van der Waals surface area contributed by atoms with E-state index in [1.165, 1.54) is 0 Å². The molecule has 0 amide bonds. The van der Waals surface area contributed by atoms with E-state index >= 15 is 0 Å². The summed E-state index contributed by atoms with van der Waals surface area (Å²) < 4.78 is 6.33. The van der Waals surface area contributed by atoms with Crippen LogP contribution >= 0.6 is 23.2 Å². The number of para-hydroxylation sites is 1. The highest BCUT2D eigenvalue weighted by molar-refractivity contribution is 6.35. The van der Waals surface area contributed by atoms with Gasteiger partial charge in [-0.25, -0.2) is 5.01 Å². The Kier molecular flexibility index (Phi) is 4.07. The van der Waals surface area contributed by atoms with Gasteiger partial charge >= 0.3 is 0 Å². The predicted octanol–water partition coefficient (Wildman–Crippen LogP) is 6.24. The van der Waals surface area contributed by atoms with Gasteiger partial charge in [0, 0.05) is 22.6 Å². The SMILES string of the molecule is Clc1ccc([C@@H]2Oc3ccccc3[C@H]3CC(c4ccccc4)=NN32)c(Cl)c1. The zero-order valence-electron chi connectivity index (χ0n) is 14.3. The van der Waals surface area contributed by atoms with Gasteiger partial charge in [-0.1, -0.05) is 77.8 Å². The summed E-state index contributed by atoms with van der Waals surface area (Å²) in [7, 11) is 0. The number of halogens is 2. The molecule has 2 atom stereocenters. The van der Waals surface area contributed by atoms with Crippen molar-refractivity contribution in [3.8, 4) is 5.75 Å². The molecule has 0 radical (unpaired) electrons. The van der Waals surface area contributed by atoms with Crippen molar-refractivity contribution in [2.75, 3.05) is 0 Å². The molecule has 5 rings (SSSR count). The minimum atomic E-state index is -0.393. The molecule has 3 aromatic carbocycles. The Morgan fingerprint density at radius 2 is 1.67 bits per heavy atom. The van der Waals surface area contributed by atoms with Crippen LogP contribution in [-0.4, -0.2) is 10.7 Å². The van der Waals surface area contributed by atoms with E-state index in [0.29, 0.717) is 10.0 Å². The van der Waals surface area contributed by atoms with Crippen molar-refractivity contribution < 1.29 is 4.74 Å². The summed E-state index contributed by atoms with van der Waals surface area (Å²) in [5.41, 5.74) is 4.19. The lowest BCUT2D eigenvalue weighted by atomic mass is 9.96. The maximum atomic E-state index is 6.49. The van der Waals surface area contributed by atoms with Crippen molar-refractivity contribution in [3.63, 3.8) is 0 Å². The second kappa shape index (κ2) is 6.59. The van der Waals surface area contributed by atoms with Crippen molar-refractivity contribution in [1.29, 1.82) is 0 Å². The third kappa shape index (κ3) is 2.88. The molecule has 0 N–H and O–H groups in total. The molecule has 2 aliphatic rings. The van der Waals surface area contributed by atoms with E-state index in [1.54, 1.807) is 6.07 Å². The van der Waals surface area contributed by atoms with Gasteiger partial charge in [0.15, 0.2) is 0 Å². The molecule has 134 valence electrons. The van der Waals surface area contributed by atoms with E-state index in [9.17, 15) is 0 Å². The van der Waals surface area contributed by atoms with Crippen molar-refractivity contribution in [2.24, 2.45) is 5.10 Å². The molecule has 0 bridgehead atoms. The van der Waals surface area contributed by atoms with Crippen LogP contribution in [0.3, 0.4) is 0 Å². The van der Waals surface area contributed by atoms with E-state index in [-0.39, 0.29) is 6.04 Å². The minimum Gasteiger partial charge on any atom is -0.464 e. The average molecular weight is 395 g/mol.